The van der Waals surface area contributed by atoms with E-state index in [1.54, 1.807) is 0 Å². The Morgan fingerprint density at radius 2 is 0.831 bits per heavy atom. The number of nitrogens with zero attached hydrogens (tertiary/aromatic N) is 5. The highest BCUT2D eigenvalue weighted by molar-refractivity contribution is 6.12. The first-order valence-electron chi connectivity index (χ1n) is 20.2. The summed E-state index contributed by atoms with van der Waals surface area (Å²) in [7, 11) is 0. The third kappa shape index (κ3) is 7.31. The molecule has 0 bridgehead atoms. The molecule has 7 aromatic carbocycles. The molecule has 0 unspecified atom stereocenters. The van der Waals surface area contributed by atoms with Crippen molar-refractivity contribution in [2.75, 3.05) is 0 Å². The second-order valence-electron chi connectivity index (χ2n) is 14.6. The molecule has 0 spiro atoms. The van der Waals surface area contributed by atoms with Crippen LogP contribution in [0.2, 0.25) is 0 Å². The van der Waals surface area contributed by atoms with Gasteiger partial charge in [-0.15, -0.1) is 0 Å². The molecule has 3 heterocycles. The molecule has 5 nitrogen and oxygen atoms in total. The fraction of sp³-hybridized carbons (Fsp3) is 0.0741. The van der Waals surface area contributed by atoms with E-state index in [4.69, 9.17) is 15.0 Å². The summed E-state index contributed by atoms with van der Waals surface area (Å²) in [5.41, 5.74) is 15.2. The zero-order valence-electron chi connectivity index (χ0n) is 33.6. The van der Waals surface area contributed by atoms with E-state index in [0.717, 1.165) is 44.5 Å². The molecule has 0 aliphatic rings. The molecule has 10 rings (SSSR count). The Balaban J connectivity index is 0.00000221. The molecule has 0 radical (unpaired) electrons. The van der Waals surface area contributed by atoms with Crippen LogP contribution < -0.4 is 0 Å². The Hall–Kier alpha value is -7.50. The Morgan fingerprint density at radius 1 is 0.373 bits per heavy atom. The van der Waals surface area contributed by atoms with Crippen LogP contribution in [0.15, 0.2) is 188 Å². The smallest absolute Gasteiger partial charge is 0.166 e. The lowest BCUT2D eigenvalue weighted by molar-refractivity contribution is 1.06. The second kappa shape index (κ2) is 16.2. The molecule has 0 aliphatic carbocycles. The number of hydrogen-bond acceptors (Lipinski definition) is 4. The van der Waals surface area contributed by atoms with Crippen LogP contribution in [0.4, 0.5) is 0 Å². The summed E-state index contributed by atoms with van der Waals surface area (Å²) in [4.78, 5) is 19.9. The topological polar surface area (TPSA) is 56.5 Å². The number of hydrogen-bond donors (Lipinski definition) is 0. The number of fused-ring (bicyclic) bond motifs is 3. The highest BCUT2D eigenvalue weighted by Gasteiger charge is 2.21. The maximum atomic E-state index is 5.21. The van der Waals surface area contributed by atoms with E-state index in [2.05, 4.69) is 133 Å². The minimum Gasteiger partial charge on any atom is -0.308 e. The Labute approximate surface area is 345 Å². The van der Waals surface area contributed by atoms with Gasteiger partial charge in [0, 0.05) is 45.4 Å². The highest BCUT2D eigenvalue weighted by atomic mass is 15.1. The van der Waals surface area contributed by atoms with E-state index >= 15 is 0 Å². The van der Waals surface area contributed by atoms with Crippen molar-refractivity contribution in [3.63, 3.8) is 0 Å². The van der Waals surface area contributed by atoms with Gasteiger partial charge in [-0.1, -0.05) is 158 Å². The van der Waals surface area contributed by atoms with Crippen LogP contribution in [-0.2, 0) is 0 Å². The largest absolute Gasteiger partial charge is 0.308 e. The molecular formula is C54H43N5. The highest BCUT2D eigenvalue weighted by Crippen LogP contribution is 2.41. The summed E-state index contributed by atoms with van der Waals surface area (Å²) >= 11 is 0. The van der Waals surface area contributed by atoms with Gasteiger partial charge in [0.05, 0.1) is 16.7 Å². The Kier molecular flexibility index (Phi) is 10.2. The van der Waals surface area contributed by atoms with Gasteiger partial charge < -0.3 is 4.57 Å². The van der Waals surface area contributed by atoms with Crippen LogP contribution in [0.1, 0.15) is 25.0 Å². The van der Waals surface area contributed by atoms with Crippen molar-refractivity contribution in [1.82, 2.24) is 24.5 Å². The maximum absolute atomic E-state index is 5.21. The van der Waals surface area contributed by atoms with Crippen LogP contribution in [0.25, 0.3) is 95.0 Å². The minimum absolute atomic E-state index is 0.596. The molecule has 284 valence electrons. The fourth-order valence-corrected chi connectivity index (χ4v) is 7.84. The molecular weight excluding hydrogens is 719 g/mol. The number of benzene rings is 7. The number of pyridine rings is 1. The monoisotopic (exact) mass is 761 g/mol. The van der Waals surface area contributed by atoms with Crippen molar-refractivity contribution >= 4 is 21.8 Å². The number of aromatic nitrogens is 5. The lowest BCUT2D eigenvalue weighted by Crippen LogP contribution is -2.04. The first-order chi connectivity index (χ1) is 29.1. The van der Waals surface area contributed by atoms with Crippen LogP contribution in [0, 0.1) is 13.8 Å². The molecule has 0 saturated heterocycles. The summed E-state index contributed by atoms with van der Waals surface area (Å²) in [5.74, 6) is 1.84. The van der Waals surface area contributed by atoms with Gasteiger partial charge in [0.1, 0.15) is 0 Å². The van der Waals surface area contributed by atoms with Crippen molar-refractivity contribution in [2.45, 2.75) is 27.7 Å². The Morgan fingerprint density at radius 3 is 1.34 bits per heavy atom. The normalized spacial score (nSPS) is 11.1. The average molecular weight is 762 g/mol. The second-order valence-corrected chi connectivity index (χ2v) is 14.6. The van der Waals surface area contributed by atoms with Gasteiger partial charge in [-0.05, 0) is 84.1 Å². The molecule has 59 heavy (non-hydrogen) atoms. The van der Waals surface area contributed by atoms with Gasteiger partial charge >= 0.3 is 0 Å². The molecule has 0 N–H and O–H groups in total. The molecule has 0 fully saturated rings. The SMILES string of the molecule is CC.Cc1cccc(-c2ccc3c(c2)c2cc(-c4cccc(C)c4)ccc2n3-c2cc(-c3cccnc3)ccc2-c2nc(-c3ccccc3)nc(-c3ccccc3)n2)c1. The van der Waals surface area contributed by atoms with E-state index in [1.807, 2.05) is 93.0 Å². The summed E-state index contributed by atoms with van der Waals surface area (Å²) in [6.45, 7) is 8.29. The van der Waals surface area contributed by atoms with E-state index in [-0.39, 0.29) is 0 Å². The minimum atomic E-state index is 0.596. The zero-order chi connectivity index (χ0) is 40.3. The lowest BCUT2D eigenvalue weighted by Gasteiger charge is -2.16. The van der Waals surface area contributed by atoms with E-state index in [0.29, 0.717) is 17.5 Å². The van der Waals surface area contributed by atoms with E-state index < -0.39 is 0 Å². The van der Waals surface area contributed by atoms with Crippen LogP contribution in [0.5, 0.6) is 0 Å². The summed E-state index contributed by atoms with van der Waals surface area (Å²) in [6, 6.07) is 62.0. The predicted molar refractivity (Wildman–Crippen MR) is 245 cm³/mol. The van der Waals surface area contributed by atoms with E-state index in [1.165, 1.54) is 44.2 Å². The van der Waals surface area contributed by atoms with Gasteiger partial charge in [0.2, 0.25) is 0 Å². The average Bonchev–Trinajstić information content (AvgIpc) is 3.63. The van der Waals surface area contributed by atoms with E-state index in [9.17, 15) is 0 Å². The Bertz CT molecular complexity index is 2920. The molecule has 10 aromatic rings. The van der Waals surface area contributed by atoms with Crippen molar-refractivity contribution in [3.8, 4) is 73.2 Å². The van der Waals surface area contributed by atoms with Gasteiger partial charge in [-0.3, -0.25) is 4.98 Å². The van der Waals surface area contributed by atoms with Crippen molar-refractivity contribution in [1.29, 1.82) is 0 Å². The van der Waals surface area contributed by atoms with Gasteiger partial charge in [0.15, 0.2) is 17.5 Å². The molecule has 5 heteroatoms. The number of rotatable bonds is 7. The fourth-order valence-electron chi connectivity index (χ4n) is 7.84. The lowest BCUT2D eigenvalue weighted by atomic mass is 9.99. The van der Waals surface area contributed by atoms with Crippen LogP contribution >= 0.6 is 0 Å². The van der Waals surface area contributed by atoms with Gasteiger partial charge in [-0.25, -0.2) is 15.0 Å². The molecule has 0 aliphatic heterocycles. The van der Waals surface area contributed by atoms with Gasteiger partial charge in [0.25, 0.3) is 0 Å². The summed E-state index contributed by atoms with van der Waals surface area (Å²) in [6.07, 6.45) is 3.72. The van der Waals surface area contributed by atoms with Gasteiger partial charge in [-0.2, -0.15) is 0 Å². The first kappa shape index (κ1) is 37.1. The summed E-state index contributed by atoms with van der Waals surface area (Å²) in [5, 5.41) is 2.34. The quantitative estimate of drug-likeness (QED) is 0.162. The maximum Gasteiger partial charge on any atom is 0.166 e. The molecule has 3 aromatic heterocycles. The van der Waals surface area contributed by atoms with Crippen molar-refractivity contribution in [2.24, 2.45) is 0 Å². The number of aryl methyl sites for hydroxylation is 2. The predicted octanol–water partition coefficient (Wildman–Crippen LogP) is 14.0. The first-order valence-corrected chi connectivity index (χ1v) is 20.2. The molecule has 0 amide bonds. The molecule has 0 atom stereocenters. The zero-order valence-corrected chi connectivity index (χ0v) is 33.6. The third-order valence-electron chi connectivity index (χ3n) is 10.6. The van der Waals surface area contributed by atoms with Crippen LogP contribution in [0.3, 0.4) is 0 Å². The van der Waals surface area contributed by atoms with Crippen LogP contribution in [-0.4, -0.2) is 24.5 Å². The molecule has 0 saturated carbocycles. The van der Waals surface area contributed by atoms with Crippen molar-refractivity contribution in [3.05, 3.63) is 199 Å². The van der Waals surface area contributed by atoms with Crippen molar-refractivity contribution < 1.29 is 0 Å². The summed E-state index contributed by atoms with van der Waals surface area (Å²) < 4.78 is 2.38. The third-order valence-corrected chi connectivity index (χ3v) is 10.6. The standard InChI is InChI=1S/C52H37N5.C2H6/c1-34-12-9-18-38(28-34)40-22-25-47-45(30-40)46-31-41(39-19-10-13-35(2)29-39)23-26-48(46)57(47)49-32-42(43-20-11-27-53-33-43)21-24-44(49)52-55-50(36-14-5-3-6-15-36)54-51(56-52)37-16-7-4-8-17-37;1-2/h3-33H,1-2H3;1-2H3.